The Bertz CT molecular complexity index is 866. The molecule has 0 radical (unpaired) electrons. The predicted octanol–water partition coefficient (Wildman–Crippen LogP) is 5.32. The molecule has 0 amide bonds. The molecule has 1 fully saturated rings. The summed E-state index contributed by atoms with van der Waals surface area (Å²) in [6.07, 6.45) is 10.3. The molecule has 2 heterocycles. The summed E-state index contributed by atoms with van der Waals surface area (Å²) in [5.41, 5.74) is 6.58. The zero-order valence-corrected chi connectivity index (χ0v) is 17.5. The Labute approximate surface area is 169 Å². The van der Waals surface area contributed by atoms with Gasteiger partial charge in [0.05, 0.1) is 11.7 Å². The minimum atomic E-state index is 0.232. The first-order chi connectivity index (χ1) is 13.6. The van der Waals surface area contributed by atoms with Crippen molar-refractivity contribution in [1.82, 2.24) is 19.7 Å². The van der Waals surface area contributed by atoms with Crippen molar-refractivity contribution in [3.05, 3.63) is 65.3 Å². The van der Waals surface area contributed by atoms with Crippen molar-refractivity contribution in [3.63, 3.8) is 0 Å². The second kappa shape index (κ2) is 8.04. The fourth-order valence-electron chi connectivity index (χ4n) is 4.90. The van der Waals surface area contributed by atoms with E-state index in [-0.39, 0.29) is 6.04 Å². The molecule has 28 heavy (non-hydrogen) atoms. The monoisotopic (exact) mass is 376 g/mol. The summed E-state index contributed by atoms with van der Waals surface area (Å²) in [7, 11) is 0. The Kier molecular flexibility index (Phi) is 5.49. The molecule has 2 aliphatic rings. The second-order valence-corrected chi connectivity index (χ2v) is 8.54. The molecule has 1 aromatic carbocycles. The van der Waals surface area contributed by atoms with Gasteiger partial charge in [-0.3, -0.25) is 9.47 Å². The topological polar surface area (TPSA) is 34.0 Å². The van der Waals surface area contributed by atoms with Crippen LogP contribution in [0.4, 0.5) is 0 Å². The van der Waals surface area contributed by atoms with Crippen LogP contribution in [0.15, 0.2) is 48.3 Å². The van der Waals surface area contributed by atoms with E-state index in [9.17, 15) is 0 Å². The van der Waals surface area contributed by atoms with Crippen LogP contribution in [-0.2, 0) is 0 Å². The van der Waals surface area contributed by atoms with Gasteiger partial charge in [0.25, 0.3) is 0 Å². The van der Waals surface area contributed by atoms with Crippen LogP contribution in [0.1, 0.15) is 62.0 Å². The lowest BCUT2D eigenvalue weighted by atomic mass is 9.83. The van der Waals surface area contributed by atoms with E-state index in [1.54, 1.807) is 0 Å². The molecule has 1 aliphatic carbocycles. The maximum absolute atomic E-state index is 4.66. The Balaban J connectivity index is 1.76. The van der Waals surface area contributed by atoms with Crippen LogP contribution in [0.25, 0.3) is 5.69 Å². The SMILES string of the molecule is C=C(C)C1CC=C(C(c2nncn2-c2c(C)cccc2C)N2CCCC2)CC1. The van der Waals surface area contributed by atoms with Crippen LogP contribution in [0.3, 0.4) is 0 Å². The number of hydrogen-bond acceptors (Lipinski definition) is 3. The third-order valence-corrected chi connectivity index (χ3v) is 6.50. The second-order valence-electron chi connectivity index (χ2n) is 8.54. The summed E-state index contributed by atoms with van der Waals surface area (Å²) in [6, 6.07) is 6.70. The normalized spacial score (nSPS) is 21.5. The van der Waals surface area contributed by atoms with E-state index in [0.29, 0.717) is 5.92 Å². The summed E-state index contributed by atoms with van der Waals surface area (Å²) in [4.78, 5) is 2.61. The molecule has 0 N–H and O–H groups in total. The number of likely N-dealkylation sites (tertiary alicyclic amines) is 1. The molecule has 0 bridgehead atoms. The first-order valence-electron chi connectivity index (χ1n) is 10.6. The van der Waals surface area contributed by atoms with Gasteiger partial charge in [-0.15, -0.1) is 10.2 Å². The number of aryl methyl sites for hydroxylation is 2. The third kappa shape index (κ3) is 3.58. The lowest BCUT2D eigenvalue weighted by Crippen LogP contribution is -2.30. The van der Waals surface area contributed by atoms with Crippen LogP contribution in [0.2, 0.25) is 0 Å². The van der Waals surface area contributed by atoms with E-state index < -0.39 is 0 Å². The van der Waals surface area contributed by atoms with Gasteiger partial charge in [0.1, 0.15) is 6.33 Å². The molecule has 4 heteroatoms. The number of nitrogens with zero attached hydrogens (tertiary/aromatic N) is 4. The molecule has 0 saturated carbocycles. The lowest BCUT2D eigenvalue weighted by Gasteiger charge is -2.33. The van der Waals surface area contributed by atoms with E-state index in [2.05, 4.69) is 71.3 Å². The smallest absolute Gasteiger partial charge is 0.159 e. The summed E-state index contributed by atoms with van der Waals surface area (Å²) in [6.45, 7) is 13.0. The minimum Gasteiger partial charge on any atom is -0.290 e. The molecule has 2 unspecified atom stereocenters. The standard InChI is InChI=1S/C24H32N4/c1-17(2)20-10-12-21(13-11-20)23(27-14-5-6-15-27)24-26-25-16-28(24)22-18(3)8-7-9-19(22)4/h7-9,12,16,20,23H,1,5-6,10-11,13-15H2,2-4H3. The van der Waals surface area contributed by atoms with Crippen LogP contribution in [0, 0.1) is 19.8 Å². The van der Waals surface area contributed by atoms with Gasteiger partial charge in [-0.2, -0.15) is 0 Å². The van der Waals surface area contributed by atoms with Gasteiger partial charge in [0.2, 0.25) is 0 Å². The fourth-order valence-corrected chi connectivity index (χ4v) is 4.90. The van der Waals surface area contributed by atoms with Crippen LogP contribution in [-0.4, -0.2) is 32.8 Å². The molecule has 0 spiro atoms. The van der Waals surface area contributed by atoms with Crippen molar-refractivity contribution < 1.29 is 0 Å². The van der Waals surface area contributed by atoms with Gasteiger partial charge < -0.3 is 0 Å². The quantitative estimate of drug-likeness (QED) is 0.662. The minimum absolute atomic E-state index is 0.232. The van der Waals surface area contributed by atoms with Crippen molar-refractivity contribution in [2.75, 3.05) is 13.1 Å². The molecule has 4 rings (SSSR count). The maximum Gasteiger partial charge on any atom is 0.159 e. The zero-order chi connectivity index (χ0) is 19.7. The van der Waals surface area contributed by atoms with Gasteiger partial charge in [-0.1, -0.05) is 36.4 Å². The maximum atomic E-state index is 4.66. The van der Waals surface area contributed by atoms with Crippen LogP contribution >= 0.6 is 0 Å². The zero-order valence-electron chi connectivity index (χ0n) is 17.5. The average Bonchev–Trinajstić information content (AvgIpc) is 3.36. The fraction of sp³-hybridized carbons (Fsp3) is 0.500. The highest BCUT2D eigenvalue weighted by molar-refractivity contribution is 5.48. The molecule has 1 aromatic heterocycles. The van der Waals surface area contributed by atoms with E-state index >= 15 is 0 Å². The highest BCUT2D eigenvalue weighted by Crippen LogP contribution is 2.39. The average molecular weight is 377 g/mol. The summed E-state index contributed by atoms with van der Waals surface area (Å²) in [5.74, 6) is 1.69. The first kappa shape index (κ1) is 19.1. The van der Waals surface area contributed by atoms with Gasteiger partial charge in [-0.05, 0) is 88.6 Å². The van der Waals surface area contributed by atoms with Crippen molar-refractivity contribution >= 4 is 0 Å². The number of rotatable bonds is 5. The molecular weight excluding hydrogens is 344 g/mol. The van der Waals surface area contributed by atoms with Crippen molar-refractivity contribution in [1.29, 1.82) is 0 Å². The van der Waals surface area contributed by atoms with Crippen molar-refractivity contribution in [2.24, 2.45) is 5.92 Å². The summed E-state index contributed by atoms with van der Waals surface area (Å²) < 4.78 is 2.24. The molecule has 4 nitrogen and oxygen atoms in total. The van der Waals surface area contributed by atoms with Gasteiger partial charge in [0, 0.05) is 0 Å². The Hall–Kier alpha value is -2.20. The number of benzene rings is 1. The number of para-hydroxylation sites is 1. The molecule has 148 valence electrons. The largest absolute Gasteiger partial charge is 0.290 e. The van der Waals surface area contributed by atoms with E-state index in [0.717, 1.165) is 31.8 Å². The molecular formula is C24H32N4. The number of hydrogen-bond donors (Lipinski definition) is 0. The van der Waals surface area contributed by atoms with Gasteiger partial charge in [-0.25, -0.2) is 0 Å². The molecule has 1 saturated heterocycles. The third-order valence-electron chi connectivity index (χ3n) is 6.50. The Morgan fingerprint density at radius 1 is 1.18 bits per heavy atom. The van der Waals surface area contributed by atoms with Crippen molar-refractivity contribution in [2.45, 2.75) is 58.9 Å². The Morgan fingerprint density at radius 2 is 1.89 bits per heavy atom. The van der Waals surface area contributed by atoms with Gasteiger partial charge >= 0.3 is 0 Å². The van der Waals surface area contributed by atoms with Crippen LogP contribution in [0.5, 0.6) is 0 Å². The summed E-state index contributed by atoms with van der Waals surface area (Å²) in [5, 5.41) is 9.02. The first-order valence-corrected chi connectivity index (χ1v) is 10.6. The highest BCUT2D eigenvalue weighted by Gasteiger charge is 2.32. The predicted molar refractivity (Wildman–Crippen MR) is 115 cm³/mol. The van der Waals surface area contributed by atoms with E-state index in [1.165, 1.54) is 47.2 Å². The molecule has 2 aromatic rings. The van der Waals surface area contributed by atoms with E-state index in [1.807, 2.05) is 6.33 Å². The lowest BCUT2D eigenvalue weighted by molar-refractivity contribution is 0.255. The Morgan fingerprint density at radius 3 is 2.50 bits per heavy atom. The van der Waals surface area contributed by atoms with Gasteiger partial charge in [0.15, 0.2) is 5.82 Å². The van der Waals surface area contributed by atoms with Crippen molar-refractivity contribution in [3.8, 4) is 5.69 Å². The van der Waals surface area contributed by atoms with E-state index in [4.69, 9.17) is 0 Å². The number of allylic oxidation sites excluding steroid dienone is 2. The number of aromatic nitrogens is 3. The molecule has 1 aliphatic heterocycles. The summed E-state index contributed by atoms with van der Waals surface area (Å²) >= 11 is 0. The van der Waals surface area contributed by atoms with Crippen LogP contribution < -0.4 is 0 Å². The molecule has 2 atom stereocenters. The highest BCUT2D eigenvalue weighted by atomic mass is 15.3.